The van der Waals surface area contributed by atoms with Crippen LogP contribution in [0.5, 0.6) is 0 Å². The zero-order chi connectivity index (χ0) is 10.4. The van der Waals surface area contributed by atoms with Crippen molar-refractivity contribution < 1.29 is 14.7 Å². The van der Waals surface area contributed by atoms with Gasteiger partial charge in [0.05, 0.1) is 0 Å². The van der Waals surface area contributed by atoms with Crippen molar-refractivity contribution in [3.05, 3.63) is 46.0 Å². The Bertz CT molecular complexity index is 325. The molecule has 0 aromatic heterocycles. The molecule has 0 radical (unpaired) electrons. The molecule has 0 aliphatic heterocycles. The van der Waals surface area contributed by atoms with Gasteiger partial charge in [-0.25, -0.2) is 9.63 Å². The molecule has 1 N–H and O–H groups in total. The van der Waals surface area contributed by atoms with Crippen molar-refractivity contribution in [1.82, 2.24) is 5.32 Å². The molecule has 74 valence electrons. The minimum atomic E-state index is -1.15. The van der Waals surface area contributed by atoms with Crippen LogP contribution in [0.4, 0.5) is 4.79 Å². The molecule has 0 fully saturated rings. The number of hydrogen-bond donors (Lipinski definition) is 1. The first kappa shape index (κ1) is 9.97. The first-order valence-electron chi connectivity index (χ1n) is 3.82. The van der Waals surface area contributed by atoms with Crippen molar-refractivity contribution in [1.29, 1.82) is 0 Å². The third-order valence-corrected chi connectivity index (χ3v) is 1.44. The van der Waals surface area contributed by atoms with Crippen LogP contribution in [0.1, 0.15) is 5.56 Å². The second-order valence-electron chi connectivity index (χ2n) is 2.44. The second-order valence-corrected chi connectivity index (χ2v) is 2.44. The number of carbonyl (C=O) groups excluding carboxylic acids is 1. The number of hydrogen-bond acceptors (Lipinski definition) is 4. The summed E-state index contributed by atoms with van der Waals surface area (Å²) in [6, 6.07) is 9.00. The Morgan fingerprint density at radius 3 is 2.64 bits per heavy atom. The molecule has 6 heteroatoms. The molecule has 0 saturated carbocycles. The zero-order valence-electron chi connectivity index (χ0n) is 7.17. The molecule has 0 saturated heterocycles. The molecular formula is C8H8N2O4. The Balaban J connectivity index is 2.34. The summed E-state index contributed by atoms with van der Waals surface area (Å²) in [4.78, 5) is 24.0. The van der Waals surface area contributed by atoms with Crippen molar-refractivity contribution in [2.75, 3.05) is 0 Å². The maximum absolute atomic E-state index is 10.7. The van der Waals surface area contributed by atoms with Crippen LogP contribution in [0, 0.1) is 10.1 Å². The van der Waals surface area contributed by atoms with E-state index in [1.54, 1.807) is 24.3 Å². The molecule has 0 aliphatic rings. The third-order valence-electron chi connectivity index (χ3n) is 1.44. The number of rotatable bonds is 3. The van der Waals surface area contributed by atoms with E-state index >= 15 is 0 Å². The molecular weight excluding hydrogens is 188 g/mol. The van der Waals surface area contributed by atoms with Gasteiger partial charge in [0.1, 0.15) is 0 Å². The lowest BCUT2D eigenvalue weighted by atomic mass is 10.2. The zero-order valence-corrected chi connectivity index (χ0v) is 7.17. The van der Waals surface area contributed by atoms with Gasteiger partial charge in [0.2, 0.25) is 0 Å². The summed E-state index contributed by atoms with van der Waals surface area (Å²) in [6.45, 7) is 0.202. The van der Waals surface area contributed by atoms with Gasteiger partial charge in [0.25, 0.3) is 0 Å². The van der Waals surface area contributed by atoms with Crippen molar-refractivity contribution in [3.8, 4) is 0 Å². The van der Waals surface area contributed by atoms with E-state index in [1.807, 2.05) is 6.07 Å². The van der Waals surface area contributed by atoms with Crippen molar-refractivity contribution in [3.63, 3.8) is 0 Å². The van der Waals surface area contributed by atoms with Crippen molar-refractivity contribution in [2.24, 2.45) is 0 Å². The molecule has 6 nitrogen and oxygen atoms in total. The largest absolute Gasteiger partial charge is 0.396 e. The number of nitrogens with zero attached hydrogens (tertiary/aromatic N) is 1. The summed E-state index contributed by atoms with van der Waals surface area (Å²) in [6.07, 6.45) is -1.07. The first-order valence-corrected chi connectivity index (χ1v) is 3.82. The highest BCUT2D eigenvalue weighted by molar-refractivity contribution is 5.66. The predicted octanol–water partition coefficient (Wildman–Crippen LogP) is 1.10. The molecule has 1 aromatic rings. The van der Waals surface area contributed by atoms with Gasteiger partial charge in [-0.15, -0.1) is 10.1 Å². The van der Waals surface area contributed by atoms with Crippen LogP contribution in [0.25, 0.3) is 0 Å². The van der Waals surface area contributed by atoms with Crippen LogP contribution in [-0.4, -0.2) is 11.2 Å². The molecule has 1 rings (SSSR count). The van der Waals surface area contributed by atoms with Crippen LogP contribution >= 0.6 is 0 Å². The summed E-state index contributed by atoms with van der Waals surface area (Å²) >= 11 is 0. The molecule has 1 aromatic carbocycles. The van der Waals surface area contributed by atoms with Gasteiger partial charge in [-0.05, 0) is 5.56 Å². The third kappa shape index (κ3) is 3.53. The van der Waals surface area contributed by atoms with Gasteiger partial charge in [-0.2, -0.15) is 0 Å². The number of nitrogens with one attached hydrogen (secondary N) is 1. The highest BCUT2D eigenvalue weighted by atomic mass is 17.0. The van der Waals surface area contributed by atoms with E-state index in [-0.39, 0.29) is 6.54 Å². The van der Waals surface area contributed by atoms with Crippen LogP contribution < -0.4 is 5.32 Å². The number of carbonyl (C=O) groups is 1. The monoisotopic (exact) mass is 196 g/mol. The molecule has 1 amide bonds. The van der Waals surface area contributed by atoms with Crippen LogP contribution in [0.15, 0.2) is 30.3 Å². The molecule has 0 aliphatic carbocycles. The normalized spacial score (nSPS) is 9.14. The maximum Gasteiger partial charge on any atom is 0.396 e. The Morgan fingerprint density at radius 1 is 1.43 bits per heavy atom. The molecule has 0 bridgehead atoms. The highest BCUT2D eigenvalue weighted by Crippen LogP contribution is 1.97. The van der Waals surface area contributed by atoms with Crippen molar-refractivity contribution in [2.45, 2.75) is 6.54 Å². The lowest BCUT2D eigenvalue weighted by molar-refractivity contribution is -0.727. The summed E-state index contributed by atoms with van der Waals surface area (Å²) in [5.74, 6) is 0. The maximum atomic E-state index is 10.7. The van der Waals surface area contributed by atoms with E-state index in [2.05, 4.69) is 10.2 Å². The van der Waals surface area contributed by atoms with Gasteiger partial charge in [-0.3, -0.25) is 0 Å². The van der Waals surface area contributed by atoms with E-state index in [4.69, 9.17) is 0 Å². The minimum Gasteiger partial charge on any atom is -0.329 e. The van der Waals surface area contributed by atoms with E-state index in [0.717, 1.165) is 5.56 Å². The van der Waals surface area contributed by atoms with E-state index in [9.17, 15) is 14.9 Å². The topological polar surface area (TPSA) is 81.5 Å². The first-order chi connectivity index (χ1) is 6.68. The molecule has 14 heavy (non-hydrogen) atoms. The van der Waals surface area contributed by atoms with Gasteiger partial charge in [0, 0.05) is 6.54 Å². The molecule has 0 unspecified atom stereocenters. The molecule has 0 spiro atoms. The lowest BCUT2D eigenvalue weighted by Crippen LogP contribution is -2.25. The number of amides is 1. The fourth-order valence-electron chi connectivity index (χ4n) is 0.870. The minimum absolute atomic E-state index is 0.202. The summed E-state index contributed by atoms with van der Waals surface area (Å²) in [7, 11) is 0. The molecule has 0 heterocycles. The van der Waals surface area contributed by atoms with Gasteiger partial charge < -0.3 is 5.32 Å². The standard InChI is InChI=1S/C8H8N2O4/c11-8(14-10(12)13)9-6-7-4-2-1-3-5-7/h1-5H,6H2,(H,9,11). The van der Waals surface area contributed by atoms with Gasteiger partial charge >= 0.3 is 11.2 Å². The SMILES string of the molecule is O=C(NCc1ccccc1)O[N+](=O)[O-]. The molecule has 0 atom stereocenters. The quantitative estimate of drug-likeness (QED) is 0.579. The Morgan fingerprint density at radius 2 is 2.07 bits per heavy atom. The van der Waals surface area contributed by atoms with Crippen molar-refractivity contribution >= 4 is 6.09 Å². The van der Waals surface area contributed by atoms with E-state index in [0.29, 0.717) is 0 Å². The smallest absolute Gasteiger partial charge is 0.329 e. The highest BCUT2D eigenvalue weighted by Gasteiger charge is 2.05. The fraction of sp³-hybridized carbons (Fsp3) is 0.125. The lowest BCUT2D eigenvalue weighted by Gasteiger charge is -2.02. The van der Waals surface area contributed by atoms with Crippen LogP contribution in [-0.2, 0) is 11.4 Å². The Labute approximate surface area is 79.6 Å². The second kappa shape index (κ2) is 4.80. The Kier molecular flexibility index (Phi) is 3.42. The average Bonchev–Trinajstić information content (AvgIpc) is 2.15. The van der Waals surface area contributed by atoms with Gasteiger partial charge in [-0.1, -0.05) is 30.3 Å². The number of benzene rings is 1. The summed E-state index contributed by atoms with van der Waals surface area (Å²) in [5.41, 5.74) is 0.841. The fourth-order valence-corrected chi connectivity index (χ4v) is 0.870. The predicted molar refractivity (Wildman–Crippen MR) is 46.8 cm³/mol. The van der Waals surface area contributed by atoms with Crippen LogP contribution in [0.3, 0.4) is 0 Å². The van der Waals surface area contributed by atoms with Gasteiger partial charge in [0.15, 0.2) is 0 Å². The summed E-state index contributed by atoms with van der Waals surface area (Å²) < 4.78 is 0. The van der Waals surface area contributed by atoms with Crippen LogP contribution in [0.2, 0.25) is 0 Å². The average molecular weight is 196 g/mol. The Hall–Kier alpha value is -2.11. The van der Waals surface area contributed by atoms with E-state index in [1.165, 1.54) is 0 Å². The van der Waals surface area contributed by atoms with E-state index < -0.39 is 11.2 Å². The summed E-state index contributed by atoms with van der Waals surface area (Å²) in [5, 5.41) is 10.8.